The third kappa shape index (κ3) is 2.32. The summed E-state index contributed by atoms with van der Waals surface area (Å²) in [4.78, 5) is 18.8. The van der Waals surface area contributed by atoms with Crippen LogP contribution in [0.15, 0.2) is 24.5 Å². The van der Waals surface area contributed by atoms with Crippen molar-refractivity contribution in [3.63, 3.8) is 0 Å². The van der Waals surface area contributed by atoms with Crippen molar-refractivity contribution < 1.29 is 0 Å². The van der Waals surface area contributed by atoms with Gasteiger partial charge in [-0.2, -0.15) is 0 Å². The lowest BCUT2D eigenvalue weighted by molar-refractivity contribution is 0.750. The van der Waals surface area contributed by atoms with Gasteiger partial charge in [0.25, 0.3) is 5.82 Å². The van der Waals surface area contributed by atoms with Crippen LogP contribution < -0.4 is 4.90 Å². The molecule has 0 spiro atoms. The van der Waals surface area contributed by atoms with Crippen LogP contribution in [0.2, 0.25) is 0 Å². The van der Waals surface area contributed by atoms with Crippen molar-refractivity contribution in [2.45, 2.75) is 26.2 Å². The number of fused-ring (bicyclic) bond motifs is 1. The average molecular weight is 265 g/mol. The van der Waals surface area contributed by atoms with E-state index in [4.69, 9.17) is 6.57 Å². The minimum Gasteiger partial charge on any atom is -0.361 e. The topological polar surface area (TPSA) is 46.3 Å². The molecule has 1 aliphatic heterocycles. The van der Waals surface area contributed by atoms with Gasteiger partial charge in [0.1, 0.15) is 0 Å². The zero-order valence-corrected chi connectivity index (χ0v) is 11.4. The van der Waals surface area contributed by atoms with Crippen molar-refractivity contribution in [3.8, 4) is 0 Å². The fourth-order valence-electron chi connectivity index (χ4n) is 2.48. The molecule has 0 unspecified atom stereocenters. The van der Waals surface area contributed by atoms with Crippen LogP contribution in [0.4, 0.5) is 17.3 Å². The number of pyridine rings is 1. The van der Waals surface area contributed by atoms with Crippen LogP contribution in [-0.4, -0.2) is 21.5 Å². The molecule has 5 nitrogen and oxygen atoms in total. The summed E-state index contributed by atoms with van der Waals surface area (Å²) in [6, 6.07) is 3.75. The predicted molar refractivity (Wildman–Crippen MR) is 77.2 cm³/mol. The van der Waals surface area contributed by atoms with Crippen LogP contribution >= 0.6 is 0 Å². The third-order valence-corrected chi connectivity index (χ3v) is 3.40. The number of hydrogen-bond donors (Lipinski definition) is 0. The minimum absolute atomic E-state index is 0.459. The summed E-state index contributed by atoms with van der Waals surface area (Å²) in [5.74, 6) is 1.31. The van der Waals surface area contributed by atoms with E-state index in [0.717, 1.165) is 48.7 Å². The predicted octanol–water partition coefficient (Wildman–Crippen LogP) is 3.21. The number of nitrogens with zero attached hydrogens (tertiary/aromatic N) is 5. The first-order chi connectivity index (χ1) is 9.78. The molecule has 1 aliphatic rings. The largest absolute Gasteiger partial charge is 0.361 e. The molecule has 5 heteroatoms. The van der Waals surface area contributed by atoms with Gasteiger partial charge in [0, 0.05) is 19.2 Å². The summed E-state index contributed by atoms with van der Waals surface area (Å²) in [5.41, 5.74) is 2.94. The van der Waals surface area contributed by atoms with Crippen LogP contribution in [0.25, 0.3) is 4.85 Å². The van der Waals surface area contributed by atoms with Gasteiger partial charge in [-0.25, -0.2) is 4.98 Å². The van der Waals surface area contributed by atoms with E-state index in [1.807, 2.05) is 13.0 Å². The number of aromatic nitrogens is 3. The maximum atomic E-state index is 7.08. The zero-order valence-electron chi connectivity index (χ0n) is 11.4. The molecule has 100 valence electrons. The van der Waals surface area contributed by atoms with E-state index in [1.165, 1.54) is 0 Å². The lowest BCUT2D eigenvalue weighted by atomic mass is 10.2. The molecule has 0 radical (unpaired) electrons. The Kier molecular flexibility index (Phi) is 3.30. The van der Waals surface area contributed by atoms with Gasteiger partial charge in [0.2, 0.25) is 0 Å². The van der Waals surface area contributed by atoms with E-state index in [9.17, 15) is 0 Å². The summed E-state index contributed by atoms with van der Waals surface area (Å²) in [6.45, 7) is 9.93. The molecule has 0 amide bonds. The van der Waals surface area contributed by atoms with Crippen LogP contribution in [0, 0.1) is 13.5 Å². The number of aryl methyl sites for hydroxylation is 2. The first kappa shape index (κ1) is 12.5. The van der Waals surface area contributed by atoms with Gasteiger partial charge >= 0.3 is 0 Å². The van der Waals surface area contributed by atoms with Crippen molar-refractivity contribution in [1.29, 1.82) is 0 Å². The Labute approximate surface area is 118 Å². The van der Waals surface area contributed by atoms with Crippen LogP contribution in [0.3, 0.4) is 0 Å². The number of rotatable bonds is 1. The molecule has 0 N–H and O–H groups in total. The van der Waals surface area contributed by atoms with E-state index in [0.29, 0.717) is 5.82 Å². The second kappa shape index (κ2) is 5.25. The molecule has 0 aliphatic carbocycles. The summed E-state index contributed by atoms with van der Waals surface area (Å²) in [6.07, 6.45) is 6.61. The van der Waals surface area contributed by atoms with Crippen molar-refractivity contribution >= 4 is 17.3 Å². The van der Waals surface area contributed by atoms with Gasteiger partial charge in [0.15, 0.2) is 11.5 Å². The first-order valence-corrected chi connectivity index (χ1v) is 6.71. The van der Waals surface area contributed by atoms with Gasteiger partial charge in [-0.15, -0.1) is 4.98 Å². The molecule has 2 aromatic heterocycles. The smallest absolute Gasteiger partial charge is 0.269 e. The summed E-state index contributed by atoms with van der Waals surface area (Å²) in [5, 5.41) is 0. The molecule has 3 rings (SSSR count). The number of hydrogen-bond acceptors (Lipinski definition) is 4. The van der Waals surface area contributed by atoms with Gasteiger partial charge in [0.05, 0.1) is 17.6 Å². The average Bonchev–Trinajstić information content (AvgIpc) is 2.68. The Balaban J connectivity index is 2.08. The van der Waals surface area contributed by atoms with E-state index in [1.54, 1.807) is 18.5 Å². The second-order valence-corrected chi connectivity index (χ2v) is 4.87. The molecule has 0 atom stereocenters. The fraction of sp³-hybridized carbons (Fsp3) is 0.333. The fourth-order valence-corrected chi connectivity index (χ4v) is 2.48. The molecule has 0 aromatic carbocycles. The lowest BCUT2D eigenvalue weighted by Gasteiger charge is -2.22. The van der Waals surface area contributed by atoms with Gasteiger partial charge in [-0.05, 0) is 31.9 Å². The van der Waals surface area contributed by atoms with E-state index < -0.39 is 0 Å². The second-order valence-electron chi connectivity index (χ2n) is 4.87. The highest BCUT2D eigenvalue weighted by Crippen LogP contribution is 2.31. The normalized spacial score (nSPS) is 14.3. The SMILES string of the molecule is [C-]#[N+]c1ccc2c(n1)CCCCN2c1cncc(C)n1. The quantitative estimate of drug-likeness (QED) is 0.743. The summed E-state index contributed by atoms with van der Waals surface area (Å²) >= 11 is 0. The maximum Gasteiger partial charge on any atom is 0.269 e. The van der Waals surface area contributed by atoms with E-state index >= 15 is 0 Å². The molecule has 0 bridgehead atoms. The highest BCUT2D eigenvalue weighted by atomic mass is 15.2. The molecule has 2 aromatic rings. The highest BCUT2D eigenvalue weighted by molar-refractivity contribution is 5.64. The van der Waals surface area contributed by atoms with Crippen molar-refractivity contribution in [3.05, 3.63) is 47.3 Å². The monoisotopic (exact) mass is 265 g/mol. The number of anilines is 2. The molecule has 0 saturated heterocycles. The molecule has 0 saturated carbocycles. The third-order valence-electron chi connectivity index (χ3n) is 3.40. The Hall–Kier alpha value is -2.48. The molecule has 3 heterocycles. The summed E-state index contributed by atoms with van der Waals surface area (Å²) < 4.78 is 0. The van der Waals surface area contributed by atoms with Crippen LogP contribution in [0.1, 0.15) is 24.2 Å². The van der Waals surface area contributed by atoms with Gasteiger partial charge in [-0.1, -0.05) is 6.57 Å². The van der Waals surface area contributed by atoms with Gasteiger partial charge < -0.3 is 9.74 Å². The van der Waals surface area contributed by atoms with Gasteiger partial charge in [-0.3, -0.25) is 4.98 Å². The first-order valence-electron chi connectivity index (χ1n) is 6.71. The summed E-state index contributed by atoms with van der Waals surface area (Å²) in [7, 11) is 0. The standard InChI is InChI=1S/C15H15N5/c1-11-9-17-10-15(18-11)20-8-4-3-5-12-13(20)6-7-14(16-2)19-12/h6-7,9-10H,3-5,8H2,1H3. The van der Waals surface area contributed by atoms with Crippen LogP contribution in [-0.2, 0) is 6.42 Å². The molecule has 20 heavy (non-hydrogen) atoms. The Morgan fingerprint density at radius 1 is 1.20 bits per heavy atom. The van der Waals surface area contributed by atoms with Crippen molar-refractivity contribution in [2.75, 3.05) is 11.4 Å². The highest BCUT2D eigenvalue weighted by Gasteiger charge is 2.21. The van der Waals surface area contributed by atoms with Crippen LogP contribution in [0.5, 0.6) is 0 Å². The van der Waals surface area contributed by atoms with E-state index in [-0.39, 0.29) is 0 Å². The Bertz CT molecular complexity index is 674. The van der Waals surface area contributed by atoms with Crippen molar-refractivity contribution in [2.24, 2.45) is 0 Å². The maximum absolute atomic E-state index is 7.08. The Morgan fingerprint density at radius 3 is 2.90 bits per heavy atom. The molecule has 0 fully saturated rings. The lowest BCUT2D eigenvalue weighted by Crippen LogP contribution is -2.19. The van der Waals surface area contributed by atoms with E-state index in [2.05, 4.69) is 24.7 Å². The zero-order chi connectivity index (χ0) is 13.9. The molecular formula is C15H15N5. The Morgan fingerprint density at radius 2 is 2.10 bits per heavy atom. The molecular weight excluding hydrogens is 250 g/mol. The minimum atomic E-state index is 0.459. The van der Waals surface area contributed by atoms with Crippen molar-refractivity contribution in [1.82, 2.24) is 15.0 Å².